The van der Waals surface area contributed by atoms with E-state index in [1.54, 1.807) is 5.56 Å². The maximum atomic E-state index is 3.58. The third-order valence-electron chi connectivity index (χ3n) is 3.81. The average Bonchev–Trinajstić information content (AvgIpc) is 3.18. The lowest BCUT2D eigenvalue weighted by Crippen LogP contribution is -2.23. The van der Waals surface area contributed by atoms with Crippen molar-refractivity contribution < 1.29 is 0 Å². The maximum Gasteiger partial charge on any atom is 0.0208 e. The normalized spacial score (nSPS) is 19.1. The Morgan fingerprint density at radius 2 is 2.18 bits per heavy atom. The Morgan fingerprint density at radius 3 is 3.06 bits per heavy atom. The molecule has 1 aliphatic heterocycles. The van der Waals surface area contributed by atoms with Crippen molar-refractivity contribution >= 4 is 0 Å². The van der Waals surface area contributed by atoms with Crippen LogP contribution in [-0.2, 0) is 19.4 Å². The van der Waals surface area contributed by atoms with Crippen LogP contribution in [0.1, 0.15) is 36.0 Å². The fraction of sp³-hybridized carbons (Fsp3) is 0.600. The van der Waals surface area contributed by atoms with Gasteiger partial charge in [0.05, 0.1) is 0 Å². The SMILES string of the molecule is c1cc2c(cc1CCCNC1CC1)CCNC2. The molecule has 0 spiro atoms. The number of aryl methyl sites for hydroxylation is 1. The van der Waals surface area contributed by atoms with E-state index in [0.29, 0.717) is 0 Å². The highest BCUT2D eigenvalue weighted by Crippen LogP contribution is 2.19. The van der Waals surface area contributed by atoms with Crippen LogP contribution in [-0.4, -0.2) is 19.1 Å². The molecule has 1 heterocycles. The van der Waals surface area contributed by atoms with Gasteiger partial charge in [-0.1, -0.05) is 18.2 Å². The van der Waals surface area contributed by atoms with E-state index in [4.69, 9.17) is 0 Å². The number of hydrogen-bond donors (Lipinski definition) is 2. The first-order chi connectivity index (χ1) is 8.42. The predicted molar refractivity (Wildman–Crippen MR) is 71.2 cm³/mol. The fourth-order valence-corrected chi connectivity index (χ4v) is 2.57. The van der Waals surface area contributed by atoms with E-state index in [2.05, 4.69) is 28.8 Å². The molecule has 2 nitrogen and oxygen atoms in total. The van der Waals surface area contributed by atoms with Gasteiger partial charge in [0.25, 0.3) is 0 Å². The van der Waals surface area contributed by atoms with Crippen LogP contribution in [0.15, 0.2) is 18.2 Å². The van der Waals surface area contributed by atoms with Crippen molar-refractivity contribution in [3.63, 3.8) is 0 Å². The van der Waals surface area contributed by atoms with Gasteiger partial charge in [-0.3, -0.25) is 0 Å². The third-order valence-corrected chi connectivity index (χ3v) is 3.81. The van der Waals surface area contributed by atoms with Gasteiger partial charge in [0.15, 0.2) is 0 Å². The molecule has 0 saturated heterocycles. The van der Waals surface area contributed by atoms with Crippen molar-refractivity contribution in [1.29, 1.82) is 0 Å². The molecule has 2 heteroatoms. The van der Waals surface area contributed by atoms with Crippen LogP contribution in [0.4, 0.5) is 0 Å². The van der Waals surface area contributed by atoms with Gasteiger partial charge in [-0.05, 0) is 61.9 Å². The molecule has 1 aliphatic carbocycles. The second kappa shape index (κ2) is 5.19. The Morgan fingerprint density at radius 1 is 1.24 bits per heavy atom. The van der Waals surface area contributed by atoms with Crippen molar-refractivity contribution in [2.75, 3.05) is 13.1 Å². The van der Waals surface area contributed by atoms with Crippen LogP contribution < -0.4 is 10.6 Å². The van der Waals surface area contributed by atoms with E-state index in [9.17, 15) is 0 Å². The molecule has 92 valence electrons. The third kappa shape index (κ3) is 3.08. The smallest absolute Gasteiger partial charge is 0.0208 e. The highest BCUT2D eigenvalue weighted by atomic mass is 14.9. The maximum absolute atomic E-state index is 3.58. The topological polar surface area (TPSA) is 24.1 Å². The molecule has 2 N–H and O–H groups in total. The van der Waals surface area contributed by atoms with Gasteiger partial charge >= 0.3 is 0 Å². The molecular formula is C15H22N2. The van der Waals surface area contributed by atoms with E-state index in [0.717, 1.165) is 19.1 Å². The Hall–Kier alpha value is -0.860. The summed E-state index contributed by atoms with van der Waals surface area (Å²) in [6, 6.07) is 7.89. The van der Waals surface area contributed by atoms with Crippen LogP contribution >= 0.6 is 0 Å². The van der Waals surface area contributed by atoms with Crippen LogP contribution in [0.5, 0.6) is 0 Å². The van der Waals surface area contributed by atoms with Crippen LogP contribution in [0.2, 0.25) is 0 Å². The Labute approximate surface area is 104 Å². The Bertz CT molecular complexity index is 383. The number of fused-ring (bicyclic) bond motifs is 1. The zero-order valence-corrected chi connectivity index (χ0v) is 10.5. The summed E-state index contributed by atoms with van der Waals surface area (Å²) in [4.78, 5) is 0. The highest BCUT2D eigenvalue weighted by molar-refractivity contribution is 5.33. The standard InChI is InChI=1S/C15H22N2/c1(8-17-15-5-6-15)2-12-3-4-14-11-16-9-7-13(14)10-12/h3-4,10,15-17H,1-2,5-9,11H2. The van der Waals surface area contributed by atoms with E-state index in [1.807, 2.05) is 0 Å². The number of hydrogen-bond acceptors (Lipinski definition) is 2. The van der Waals surface area contributed by atoms with Crippen LogP contribution in [0.3, 0.4) is 0 Å². The molecule has 2 aliphatic rings. The molecule has 0 aromatic heterocycles. The van der Waals surface area contributed by atoms with E-state index in [-0.39, 0.29) is 0 Å². The molecule has 0 radical (unpaired) electrons. The minimum atomic E-state index is 0.851. The minimum Gasteiger partial charge on any atom is -0.314 e. The predicted octanol–water partition coefficient (Wildman–Crippen LogP) is 2.02. The quantitative estimate of drug-likeness (QED) is 0.756. The van der Waals surface area contributed by atoms with Crippen LogP contribution in [0, 0.1) is 0 Å². The summed E-state index contributed by atoms with van der Waals surface area (Å²) in [5, 5.41) is 7.00. The number of rotatable bonds is 5. The summed E-state index contributed by atoms with van der Waals surface area (Å²) in [6.07, 6.45) is 6.48. The molecule has 0 atom stereocenters. The second-order valence-electron chi connectivity index (χ2n) is 5.36. The molecule has 1 fully saturated rings. The van der Waals surface area contributed by atoms with Gasteiger partial charge in [-0.15, -0.1) is 0 Å². The molecular weight excluding hydrogens is 208 g/mol. The average molecular weight is 230 g/mol. The first-order valence-corrected chi connectivity index (χ1v) is 6.96. The van der Waals surface area contributed by atoms with E-state index >= 15 is 0 Å². The van der Waals surface area contributed by atoms with Gasteiger partial charge < -0.3 is 10.6 Å². The molecule has 0 amide bonds. The molecule has 17 heavy (non-hydrogen) atoms. The monoisotopic (exact) mass is 230 g/mol. The van der Waals surface area contributed by atoms with Crippen molar-refractivity contribution in [2.45, 2.75) is 44.7 Å². The second-order valence-corrected chi connectivity index (χ2v) is 5.36. The highest BCUT2D eigenvalue weighted by Gasteiger charge is 2.19. The van der Waals surface area contributed by atoms with Gasteiger partial charge in [-0.2, -0.15) is 0 Å². The van der Waals surface area contributed by atoms with E-state index < -0.39 is 0 Å². The molecule has 1 aromatic rings. The molecule has 1 saturated carbocycles. The fourth-order valence-electron chi connectivity index (χ4n) is 2.57. The van der Waals surface area contributed by atoms with Crippen molar-refractivity contribution in [2.24, 2.45) is 0 Å². The molecule has 0 bridgehead atoms. The Kier molecular flexibility index (Phi) is 3.44. The molecule has 0 unspecified atom stereocenters. The van der Waals surface area contributed by atoms with Crippen LogP contribution in [0.25, 0.3) is 0 Å². The van der Waals surface area contributed by atoms with E-state index in [1.165, 1.54) is 49.8 Å². The van der Waals surface area contributed by atoms with Gasteiger partial charge in [0.2, 0.25) is 0 Å². The lowest BCUT2D eigenvalue weighted by molar-refractivity contribution is 0.635. The largest absolute Gasteiger partial charge is 0.314 e. The van der Waals surface area contributed by atoms with Crippen molar-refractivity contribution in [3.8, 4) is 0 Å². The summed E-state index contributed by atoms with van der Waals surface area (Å²) in [6.45, 7) is 3.38. The zero-order valence-electron chi connectivity index (χ0n) is 10.5. The van der Waals surface area contributed by atoms with Crippen molar-refractivity contribution in [3.05, 3.63) is 34.9 Å². The first kappa shape index (κ1) is 11.2. The Balaban J connectivity index is 1.51. The van der Waals surface area contributed by atoms with Gasteiger partial charge in [0, 0.05) is 12.6 Å². The summed E-state index contributed by atoms with van der Waals surface area (Å²) >= 11 is 0. The number of benzene rings is 1. The lowest BCUT2D eigenvalue weighted by Gasteiger charge is -2.17. The van der Waals surface area contributed by atoms with Crippen molar-refractivity contribution in [1.82, 2.24) is 10.6 Å². The van der Waals surface area contributed by atoms with Gasteiger partial charge in [-0.25, -0.2) is 0 Å². The summed E-state index contributed by atoms with van der Waals surface area (Å²) < 4.78 is 0. The number of nitrogens with one attached hydrogen (secondary N) is 2. The molecule has 1 aromatic carbocycles. The minimum absolute atomic E-state index is 0.851. The summed E-state index contributed by atoms with van der Waals surface area (Å²) in [5.74, 6) is 0. The molecule has 3 rings (SSSR count). The summed E-state index contributed by atoms with van der Waals surface area (Å²) in [5.41, 5.74) is 4.58. The lowest BCUT2D eigenvalue weighted by atomic mass is 9.97. The first-order valence-electron chi connectivity index (χ1n) is 6.96. The zero-order chi connectivity index (χ0) is 11.5. The van der Waals surface area contributed by atoms with Gasteiger partial charge in [0.1, 0.15) is 0 Å². The summed E-state index contributed by atoms with van der Waals surface area (Å²) in [7, 11) is 0.